The number of benzene rings is 1. The molecule has 126 valence electrons. The Labute approximate surface area is 139 Å². The van der Waals surface area contributed by atoms with Gasteiger partial charge in [-0.3, -0.25) is 10.2 Å². The van der Waals surface area contributed by atoms with Crippen molar-refractivity contribution in [1.82, 2.24) is 16.2 Å². The van der Waals surface area contributed by atoms with Crippen LogP contribution in [0.25, 0.3) is 0 Å². The standard InChI is InChI=1S/C19H29N3O/c1-12(2)17-11-18(22-21-17)19(23)20-13(3)15-9-8-14-6-4-5-7-16(14)10-15/h8-10,12-13,17-18,21-22H,4-7,11H2,1-3H3,(H,20,23). The van der Waals surface area contributed by atoms with Crippen LogP contribution in [0.2, 0.25) is 0 Å². The van der Waals surface area contributed by atoms with Crippen molar-refractivity contribution in [2.24, 2.45) is 5.92 Å². The number of hydrogen-bond acceptors (Lipinski definition) is 3. The molecule has 3 atom stereocenters. The van der Waals surface area contributed by atoms with Crippen LogP contribution in [-0.4, -0.2) is 18.0 Å². The molecule has 1 aliphatic heterocycles. The van der Waals surface area contributed by atoms with Crippen LogP contribution in [0.3, 0.4) is 0 Å². The van der Waals surface area contributed by atoms with Crippen LogP contribution >= 0.6 is 0 Å². The van der Waals surface area contributed by atoms with Gasteiger partial charge >= 0.3 is 0 Å². The highest BCUT2D eigenvalue weighted by molar-refractivity contribution is 5.82. The van der Waals surface area contributed by atoms with E-state index in [2.05, 4.69) is 55.1 Å². The fourth-order valence-electron chi connectivity index (χ4n) is 3.61. The molecule has 0 spiro atoms. The molecule has 1 saturated heterocycles. The van der Waals surface area contributed by atoms with E-state index in [-0.39, 0.29) is 18.0 Å². The van der Waals surface area contributed by atoms with Gasteiger partial charge in [0.1, 0.15) is 6.04 Å². The summed E-state index contributed by atoms with van der Waals surface area (Å²) in [6.45, 7) is 6.43. The van der Waals surface area contributed by atoms with Gasteiger partial charge in [-0.15, -0.1) is 0 Å². The third-order valence-electron chi connectivity index (χ3n) is 5.29. The molecule has 1 heterocycles. The Kier molecular flexibility index (Phi) is 5.02. The van der Waals surface area contributed by atoms with Crippen molar-refractivity contribution in [2.75, 3.05) is 0 Å². The monoisotopic (exact) mass is 315 g/mol. The molecule has 1 amide bonds. The number of nitrogens with one attached hydrogen (secondary N) is 3. The molecule has 1 fully saturated rings. The fourth-order valence-corrected chi connectivity index (χ4v) is 3.61. The Balaban J connectivity index is 1.60. The zero-order chi connectivity index (χ0) is 16.4. The van der Waals surface area contributed by atoms with E-state index in [0.717, 1.165) is 6.42 Å². The highest BCUT2D eigenvalue weighted by Crippen LogP contribution is 2.25. The first-order valence-corrected chi connectivity index (χ1v) is 8.97. The molecule has 4 nitrogen and oxygen atoms in total. The molecule has 0 saturated carbocycles. The molecule has 1 aliphatic carbocycles. The lowest BCUT2D eigenvalue weighted by Crippen LogP contribution is -2.44. The number of amides is 1. The molecular formula is C19H29N3O. The number of fused-ring (bicyclic) bond motifs is 1. The zero-order valence-corrected chi connectivity index (χ0v) is 14.5. The number of aryl methyl sites for hydroxylation is 2. The Morgan fingerprint density at radius 1 is 1.13 bits per heavy atom. The summed E-state index contributed by atoms with van der Waals surface area (Å²) < 4.78 is 0. The minimum Gasteiger partial charge on any atom is -0.348 e. The topological polar surface area (TPSA) is 53.2 Å². The lowest BCUT2D eigenvalue weighted by molar-refractivity contribution is -0.123. The molecule has 3 rings (SSSR count). The van der Waals surface area contributed by atoms with E-state index in [1.807, 2.05) is 0 Å². The van der Waals surface area contributed by atoms with Gasteiger partial charge < -0.3 is 5.32 Å². The minimum atomic E-state index is -0.137. The van der Waals surface area contributed by atoms with E-state index in [4.69, 9.17) is 0 Å². The van der Waals surface area contributed by atoms with Gasteiger partial charge in [0.15, 0.2) is 0 Å². The largest absolute Gasteiger partial charge is 0.348 e. The van der Waals surface area contributed by atoms with Crippen molar-refractivity contribution in [3.05, 3.63) is 34.9 Å². The van der Waals surface area contributed by atoms with Gasteiger partial charge in [0.2, 0.25) is 5.91 Å². The van der Waals surface area contributed by atoms with Crippen molar-refractivity contribution < 1.29 is 4.79 Å². The molecule has 0 bridgehead atoms. The highest BCUT2D eigenvalue weighted by atomic mass is 16.2. The Hall–Kier alpha value is -1.39. The summed E-state index contributed by atoms with van der Waals surface area (Å²) in [7, 11) is 0. The van der Waals surface area contributed by atoms with Gasteiger partial charge in [-0.05, 0) is 61.6 Å². The lowest BCUT2D eigenvalue weighted by atomic mass is 9.89. The smallest absolute Gasteiger partial charge is 0.239 e. The van der Waals surface area contributed by atoms with E-state index in [1.54, 1.807) is 0 Å². The van der Waals surface area contributed by atoms with Crippen LogP contribution in [0.1, 0.15) is 62.8 Å². The van der Waals surface area contributed by atoms with Crippen molar-refractivity contribution in [1.29, 1.82) is 0 Å². The normalized spacial score (nSPS) is 25.2. The summed E-state index contributed by atoms with van der Waals surface area (Å²) in [4.78, 5) is 12.5. The van der Waals surface area contributed by atoms with Crippen LogP contribution in [0, 0.1) is 5.92 Å². The summed E-state index contributed by atoms with van der Waals surface area (Å²) in [6.07, 6.45) is 5.81. The van der Waals surface area contributed by atoms with Gasteiger partial charge in [-0.2, -0.15) is 0 Å². The average Bonchev–Trinajstić information content (AvgIpc) is 3.04. The number of hydrogen-bond donors (Lipinski definition) is 3. The van der Waals surface area contributed by atoms with Crippen LogP contribution < -0.4 is 16.2 Å². The van der Waals surface area contributed by atoms with Crippen molar-refractivity contribution in [3.63, 3.8) is 0 Å². The number of carbonyl (C=O) groups excluding carboxylic acids is 1. The molecule has 0 aromatic heterocycles. The number of rotatable bonds is 4. The Morgan fingerprint density at radius 2 is 1.87 bits per heavy atom. The molecule has 0 radical (unpaired) electrons. The highest BCUT2D eigenvalue weighted by Gasteiger charge is 2.31. The second-order valence-electron chi connectivity index (χ2n) is 7.39. The zero-order valence-electron chi connectivity index (χ0n) is 14.5. The van der Waals surface area contributed by atoms with E-state index in [0.29, 0.717) is 12.0 Å². The molecular weight excluding hydrogens is 286 g/mol. The summed E-state index contributed by atoms with van der Waals surface area (Å²) in [5.41, 5.74) is 10.5. The minimum absolute atomic E-state index is 0.0506. The maximum absolute atomic E-state index is 12.5. The van der Waals surface area contributed by atoms with Crippen molar-refractivity contribution >= 4 is 5.91 Å². The van der Waals surface area contributed by atoms with Gasteiger partial charge in [-0.25, -0.2) is 5.43 Å². The fraction of sp³-hybridized carbons (Fsp3) is 0.632. The van der Waals surface area contributed by atoms with Crippen molar-refractivity contribution in [2.45, 2.75) is 71.0 Å². The molecule has 3 unspecified atom stereocenters. The maximum Gasteiger partial charge on any atom is 0.239 e. The predicted octanol–water partition coefficient (Wildman–Crippen LogP) is 2.63. The van der Waals surface area contributed by atoms with Crippen LogP contribution in [0.5, 0.6) is 0 Å². The first-order valence-electron chi connectivity index (χ1n) is 8.97. The second kappa shape index (κ2) is 7.02. The molecule has 4 heteroatoms. The third kappa shape index (κ3) is 3.75. The van der Waals surface area contributed by atoms with E-state index < -0.39 is 0 Å². The summed E-state index contributed by atoms with van der Waals surface area (Å²) >= 11 is 0. The van der Waals surface area contributed by atoms with Gasteiger partial charge in [0.05, 0.1) is 6.04 Å². The van der Waals surface area contributed by atoms with E-state index in [9.17, 15) is 4.79 Å². The predicted molar refractivity (Wildman–Crippen MR) is 92.9 cm³/mol. The summed E-state index contributed by atoms with van der Waals surface area (Å²) in [5, 5.41) is 3.16. The average molecular weight is 315 g/mol. The van der Waals surface area contributed by atoms with Gasteiger partial charge in [0.25, 0.3) is 0 Å². The first-order chi connectivity index (χ1) is 11.0. The van der Waals surface area contributed by atoms with Gasteiger partial charge in [0, 0.05) is 6.04 Å². The second-order valence-corrected chi connectivity index (χ2v) is 7.39. The maximum atomic E-state index is 12.5. The van der Waals surface area contributed by atoms with Gasteiger partial charge in [-0.1, -0.05) is 32.0 Å². The van der Waals surface area contributed by atoms with Crippen LogP contribution in [0.4, 0.5) is 0 Å². The number of carbonyl (C=O) groups is 1. The Morgan fingerprint density at radius 3 is 2.57 bits per heavy atom. The van der Waals surface area contributed by atoms with E-state index in [1.165, 1.54) is 42.4 Å². The number of hydrazine groups is 1. The first kappa shape index (κ1) is 16.5. The Bertz CT molecular complexity index is 570. The summed E-state index contributed by atoms with van der Waals surface area (Å²) in [6, 6.07) is 6.99. The molecule has 2 aliphatic rings. The lowest BCUT2D eigenvalue weighted by Gasteiger charge is -2.21. The molecule has 3 N–H and O–H groups in total. The molecule has 1 aromatic rings. The molecule has 1 aromatic carbocycles. The SMILES string of the molecule is CC(NC(=O)C1CC(C(C)C)NN1)c1ccc2c(c1)CCCC2. The van der Waals surface area contributed by atoms with Crippen LogP contribution in [0.15, 0.2) is 18.2 Å². The van der Waals surface area contributed by atoms with Crippen LogP contribution in [-0.2, 0) is 17.6 Å². The quantitative estimate of drug-likeness (QED) is 0.800. The van der Waals surface area contributed by atoms with E-state index >= 15 is 0 Å². The third-order valence-corrected chi connectivity index (χ3v) is 5.29. The van der Waals surface area contributed by atoms with Crippen molar-refractivity contribution in [3.8, 4) is 0 Å². The molecule has 23 heavy (non-hydrogen) atoms. The summed E-state index contributed by atoms with van der Waals surface area (Å²) in [5.74, 6) is 0.615.